The molecular formula is C34H34ClN3OS. The number of halogens is 1. The van der Waals surface area contributed by atoms with E-state index in [0.29, 0.717) is 28.5 Å². The maximum atomic E-state index is 13.6. The number of hydrogen-bond acceptors (Lipinski definition) is 4. The predicted molar refractivity (Wildman–Crippen MR) is 174 cm³/mol. The van der Waals surface area contributed by atoms with Gasteiger partial charge in [-0.3, -0.25) is 4.79 Å². The summed E-state index contributed by atoms with van der Waals surface area (Å²) in [6, 6.07) is 21.2. The molecule has 1 heterocycles. The van der Waals surface area contributed by atoms with E-state index in [4.69, 9.17) is 16.6 Å². The number of nitrogens with zero attached hydrogens (tertiary/aromatic N) is 1. The fraction of sp³-hybridized carbons (Fsp3) is 0.176. The first-order chi connectivity index (χ1) is 19.2. The number of carbonyl (C=O) groups is 1. The number of pyridine rings is 1. The van der Waals surface area contributed by atoms with Gasteiger partial charge >= 0.3 is 0 Å². The van der Waals surface area contributed by atoms with Crippen LogP contribution >= 0.6 is 23.4 Å². The van der Waals surface area contributed by atoms with Gasteiger partial charge in [0.1, 0.15) is 0 Å². The largest absolute Gasteiger partial charge is 0.380 e. The minimum Gasteiger partial charge on any atom is -0.380 e. The molecule has 2 N–H and O–H groups in total. The lowest BCUT2D eigenvalue weighted by molar-refractivity contribution is 0.102. The highest BCUT2D eigenvalue weighted by Crippen LogP contribution is 2.32. The third kappa shape index (κ3) is 6.85. The van der Waals surface area contributed by atoms with Crippen molar-refractivity contribution in [2.75, 3.05) is 11.9 Å². The molecule has 0 saturated heterocycles. The van der Waals surface area contributed by atoms with E-state index in [-0.39, 0.29) is 5.91 Å². The fourth-order valence-corrected chi connectivity index (χ4v) is 5.41. The van der Waals surface area contributed by atoms with Crippen LogP contribution in [0.25, 0.3) is 27.9 Å². The molecule has 4 nitrogen and oxygen atoms in total. The van der Waals surface area contributed by atoms with Crippen LogP contribution in [-0.2, 0) is 0 Å². The zero-order valence-corrected chi connectivity index (χ0v) is 25.1. The van der Waals surface area contributed by atoms with Gasteiger partial charge in [0.2, 0.25) is 0 Å². The van der Waals surface area contributed by atoms with E-state index in [1.807, 2.05) is 88.4 Å². The van der Waals surface area contributed by atoms with Crippen LogP contribution < -0.4 is 10.6 Å². The first-order valence-electron chi connectivity index (χ1n) is 13.2. The number of rotatable bonds is 9. The van der Waals surface area contributed by atoms with Gasteiger partial charge in [0.25, 0.3) is 5.91 Å². The standard InChI is InChI=1S/C34H34ClN3OS/c1-7-23(5)40-27(8-2)20-36-24(6)25-13-15-26(16-14-25)37-34(39)30-19-32(28-11-9-10-12-31(28)35)38-33-22(4)17-21(3)18-29(30)33/h7-19,36H,6,20H2,1-5H3,(H,37,39)/b23-7-,27-8-. The van der Waals surface area contributed by atoms with E-state index in [0.717, 1.165) is 38.9 Å². The Morgan fingerprint density at radius 2 is 1.75 bits per heavy atom. The van der Waals surface area contributed by atoms with E-state index in [2.05, 4.69) is 42.4 Å². The first-order valence-corrected chi connectivity index (χ1v) is 14.4. The highest BCUT2D eigenvalue weighted by molar-refractivity contribution is 8.06. The zero-order valence-electron chi connectivity index (χ0n) is 23.6. The Morgan fingerprint density at radius 3 is 2.42 bits per heavy atom. The number of aryl methyl sites for hydroxylation is 2. The molecule has 0 unspecified atom stereocenters. The molecule has 0 aliphatic heterocycles. The molecule has 204 valence electrons. The lowest BCUT2D eigenvalue weighted by Gasteiger charge is -2.15. The molecule has 6 heteroatoms. The number of aromatic nitrogens is 1. The summed E-state index contributed by atoms with van der Waals surface area (Å²) in [7, 11) is 0. The van der Waals surface area contributed by atoms with Crippen molar-refractivity contribution in [3.05, 3.63) is 123 Å². The van der Waals surface area contributed by atoms with Crippen LogP contribution in [0.4, 0.5) is 5.69 Å². The van der Waals surface area contributed by atoms with Crippen molar-refractivity contribution in [3.63, 3.8) is 0 Å². The highest BCUT2D eigenvalue weighted by atomic mass is 35.5. The Hall–Kier alpha value is -3.80. The Bertz CT molecular complexity index is 1640. The minimum atomic E-state index is -0.204. The van der Waals surface area contributed by atoms with Crippen LogP contribution in [-0.4, -0.2) is 17.4 Å². The van der Waals surface area contributed by atoms with Crippen molar-refractivity contribution >= 4 is 51.6 Å². The van der Waals surface area contributed by atoms with Gasteiger partial charge in [-0.15, -0.1) is 0 Å². The molecule has 1 amide bonds. The average molecular weight is 568 g/mol. The number of amides is 1. The maximum absolute atomic E-state index is 13.6. The van der Waals surface area contributed by atoms with Gasteiger partial charge in [0, 0.05) is 38.8 Å². The topological polar surface area (TPSA) is 54.0 Å². The second kappa shape index (κ2) is 13.0. The van der Waals surface area contributed by atoms with Crippen molar-refractivity contribution in [1.82, 2.24) is 10.3 Å². The van der Waals surface area contributed by atoms with Gasteiger partial charge in [-0.05, 0) is 81.0 Å². The Morgan fingerprint density at radius 1 is 1.02 bits per heavy atom. The second-order valence-electron chi connectivity index (χ2n) is 9.63. The molecule has 0 aliphatic rings. The molecule has 40 heavy (non-hydrogen) atoms. The van der Waals surface area contributed by atoms with Crippen molar-refractivity contribution in [2.24, 2.45) is 0 Å². The maximum Gasteiger partial charge on any atom is 0.256 e. The lowest BCUT2D eigenvalue weighted by atomic mass is 9.99. The third-order valence-corrected chi connectivity index (χ3v) is 8.16. The van der Waals surface area contributed by atoms with E-state index in [1.165, 1.54) is 9.81 Å². The highest BCUT2D eigenvalue weighted by Gasteiger charge is 2.17. The molecule has 1 aromatic heterocycles. The molecule has 3 aromatic carbocycles. The normalized spacial score (nSPS) is 11.9. The van der Waals surface area contributed by atoms with E-state index >= 15 is 0 Å². The molecule has 0 bridgehead atoms. The molecule has 0 fully saturated rings. The number of fused-ring (bicyclic) bond motifs is 1. The van der Waals surface area contributed by atoms with Gasteiger partial charge in [0.15, 0.2) is 0 Å². The monoisotopic (exact) mass is 567 g/mol. The van der Waals surface area contributed by atoms with Gasteiger partial charge in [-0.25, -0.2) is 4.98 Å². The summed E-state index contributed by atoms with van der Waals surface area (Å²) in [6.07, 6.45) is 4.21. The third-order valence-electron chi connectivity index (χ3n) is 6.63. The van der Waals surface area contributed by atoms with Gasteiger partial charge in [-0.1, -0.05) is 84.1 Å². The fourth-order valence-electron chi connectivity index (χ4n) is 4.39. The summed E-state index contributed by atoms with van der Waals surface area (Å²) in [5, 5.41) is 7.88. The molecule has 0 radical (unpaired) electrons. The molecule has 0 saturated carbocycles. The first kappa shape index (κ1) is 29.2. The molecule has 0 spiro atoms. The molecule has 4 rings (SSSR count). The Labute approximate surface area is 246 Å². The number of allylic oxidation sites excluding steroid dienone is 3. The van der Waals surface area contributed by atoms with Crippen LogP contribution in [0.3, 0.4) is 0 Å². The molecular weight excluding hydrogens is 534 g/mol. The summed E-state index contributed by atoms with van der Waals surface area (Å²) >= 11 is 8.25. The summed E-state index contributed by atoms with van der Waals surface area (Å²) in [5.74, 6) is -0.204. The quantitative estimate of drug-likeness (QED) is 0.211. The number of nitrogens with one attached hydrogen (secondary N) is 2. The van der Waals surface area contributed by atoms with E-state index in [1.54, 1.807) is 11.8 Å². The van der Waals surface area contributed by atoms with Crippen LogP contribution in [0.15, 0.2) is 95.3 Å². The minimum absolute atomic E-state index is 0.204. The SMILES string of the molecule is C=C(NC/C(=C/C)S/C(C)=C\C)c1ccc(NC(=O)c2cc(-c3ccccc3Cl)nc3c(C)cc(C)cc23)cc1. The van der Waals surface area contributed by atoms with Gasteiger partial charge in [0.05, 0.1) is 16.8 Å². The molecule has 0 aliphatic carbocycles. The van der Waals surface area contributed by atoms with E-state index in [9.17, 15) is 4.79 Å². The Kier molecular flexibility index (Phi) is 9.51. The van der Waals surface area contributed by atoms with Gasteiger partial charge in [-0.2, -0.15) is 0 Å². The summed E-state index contributed by atoms with van der Waals surface area (Å²) in [5.41, 5.74) is 7.35. The summed E-state index contributed by atoms with van der Waals surface area (Å²) < 4.78 is 0. The summed E-state index contributed by atoms with van der Waals surface area (Å²) in [6.45, 7) is 15.1. The predicted octanol–water partition coefficient (Wildman–Crippen LogP) is 9.55. The Balaban J connectivity index is 1.57. The van der Waals surface area contributed by atoms with Crippen molar-refractivity contribution in [2.45, 2.75) is 34.6 Å². The second-order valence-corrected chi connectivity index (χ2v) is 11.4. The van der Waals surface area contributed by atoms with Crippen molar-refractivity contribution in [3.8, 4) is 11.3 Å². The number of thioether (sulfide) groups is 1. The summed E-state index contributed by atoms with van der Waals surface area (Å²) in [4.78, 5) is 21.0. The zero-order chi connectivity index (χ0) is 28.8. The van der Waals surface area contributed by atoms with Crippen LogP contribution in [0.1, 0.15) is 47.8 Å². The van der Waals surface area contributed by atoms with Crippen molar-refractivity contribution < 1.29 is 4.79 Å². The van der Waals surface area contributed by atoms with E-state index < -0.39 is 0 Å². The number of anilines is 1. The molecule has 0 atom stereocenters. The number of hydrogen-bond donors (Lipinski definition) is 2. The van der Waals surface area contributed by atoms with Crippen LogP contribution in [0.2, 0.25) is 5.02 Å². The van der Waals surface area contributed by atoms with Crippen molar-refractivity contribution in [1.29, 1.82) is 0 Å². The lowest BCUT2D eigenvalue weighted by Crippen LogP contribution is -2.15. The average Bonchev–Trinajstić information content (AvgIpc) is 2.95. The van der Waals surface area contributed by atoms with Gasteiger partial charge < -0.3 is 10.6 Å². The van der Waals surface area contributed by atoms with Crippen LogP contribution in [0.5, 0.6) is 0 Å². The smallest absolute Gasteiger partial charge is 0.256 e. The number of benzene rings is 3. The molecule has 4 aromatic rings. The number of carbonyl (C=O) groups excluding carboxylic acids is 1. The van der Waals surface area contributed by atoms with Crippen LogP contribution in [0, 0.1) is 13.8 Å².